The topological polar surface area (TPSA) is 127 Å². The average Bonchev–Trinajstić information content (AvgIpc) is 2.43. The molecule has 2 N–H and O–H groups in total. The summed E-state index contributed by atoms with van der Waals surface area (Å²) in [5.74, 6) is -1.72. The van der Waals surface area contributed by atoms with Crippen LogP contribution in [0.3, 0.4) is 0 Å². The number of nitro benzene ring substituents is 1. The Kier molecular flexibility index (Phi) is 5.61. The van der Waals surface area contributed by atoms with Crippen molar-refractivity contribution in [3.63, 3.8) is 0 Å². The molecule has 0 aliphatic heterocycles. The van der Waals surface area contributed by atoms with Crippen LogP contribution in [0.5, 0.6) is 0 Å². The average molecular weight is 330 g/mol. The number of nitrogens with zero attached hydrogens (tertiary/aromatic N) is 1. The third kappa shape index (κ3) is 4.01. The Labute approximate surface area is 128 Å². The van der Waals surface area contributed by atoms with Gasteiger partial charge in [0.05, 0.1) is 9.82 Å². The number of carbonyl (C=O) groups is 1. The van der Waals surface area contributed by atoms with Crippen molar-refractivity contribution in [2.75, 3.05) is 0 Å². The monoisotopic (exact) mass is 330 g/mol. The number of aliphatic carboxylic acids is 1. The summed E-state index contributed by atoms with van der Waals surface area (Å²) in [5, 5.41) is 19.9. The molecular formula is C13H18N2O6S. The summed E-state index contributed by atoms with van der Waals surface area (Å²) in [7, 11) is -4.18. The summed E-state index contributed by atoms with van der Waals surface area (Å²) in [4.78, 5) is 21.0. The zero-order chi connectivity index (χ0) is 17.1. The lowest BCUT2D eigenvalue weighted by atomic mass is 10.0. The molecule has 122 valence electrons. The van der Waals surface area contributed by atoms with E-state index in [1.807, 2.05) is 0 Å². The summed E-state index contributed by atoms with van der Waals surface area (Å²) in [6, 6.07) is 2.13. The summed E-state index contributed by atoms with van der Waals surface area (Å²) < 4.78 is 26.8. The van der Waals surface area contributed by atoms with Gasteiger partial charge in [-0.25, -0.2) is 8.42 Å². The standard InChI is InChI=1S/C13H18N2O6S/c1-4-8(2)12(13(16)17)14-22(20,21)11-7-10(15(18)19)6-5-9(11)3/h5-8,12,14H,4H2,1-3H3,(H,16,17)/t8-,12-/m0/s1. The van der Waals surface area contributed by atoms with Crippen molar-refractivity contribution < 1.29 is 23.2 Å². The van der Waals surface area contributed by atoms with Crippen LogP contribution in [0.2, 0.25) is 0 Å². The van der Waals surface area contributed by atoms with Crippen molar-refractivity contribution in [1.82, 2.24) is 4.72 Å². The molecule has 1 aromatic rings. The number of nitro groups is 1. The predicted octanol–water partition coefficient (Wildman–Crippen LogP) is 1.68. The van der Waals surface area contributed by atoms with Crippen LogP contribution in [0.1, 0.15) is 25.8 Å². The van der Waals surface area contributed by atoms with Gasteiger partial charge in [-0.05, 0) is 18.4 Å². The number of aryl methyl sites for hydroxylation is 1. The SMILES string of the molecule is CC[C@H](C)[C@H](NS(=O)(=O)c1cc([N+](=O)[O-])ccc1C)C(=O)O. The highest BCUT2D eigenvalue weighted by Gasteiger charge is 2.30. The van der Waals surface area contributed by atoms with E-state index >= 15 is 0 Å². The van der Waals surface area contributed by atoms with Gasteiger partial charge < -0.3 is 5.11 Å². The molecular weight excluding hydrogens is 312 g/mol. The predicted molar refractivity (Wildman–Crippen MR) is 79.0 cm³/mol. The molecule has 0 saturated heterocycles. The Balaban J connectivity index is 3.26. The lowest BCUT2D eigenvalue weighted by molar-refractivity contribution is -0.385. The van der Waals surface area contributed by atoms with Gasteiger partial charge in [0.2, 0.25) is 10.0 Å². The Hall–Kier alpha value is -2.00. The minimum atomic E-state index is -4.18. The van der Waals surface area contributed by atoms with Gasteiger partial charge in [0.1, 0.15) is 6.04 Å². The maximum absolute atomic E-state index is 12.4. The van der Waals surface area contributed by atoms with Crippen molar-refractivity contribution >= 4 is 21.7 Å². The molecule has 1 aromatic carbocycles. The number of non-ortho nitro benzene ring substituents is 1. The number of hydrogen-bond donors (Lipinski definition) is 2. The van der Waals surface area contributed by atoms with Gasteiger partial charge in [-0.1, -0.05) is 26.3 Å². The van der Waals surface area contributed by atoms with Gasteiger partial charge in [0, 0.05) is 12.1 Å². The van der Waals surface area contributed by atoms with Crippen molar-refractivity contribution in [2.24, 2.45) is 5.92 Å². The Bertz CT molecular complexity index is 686. The van der Waals surface area contributed by atoms with Crippen LogP contribution >= 0.6 is 0 Å². The van der Waals surface area contributed by atoms with Crippen LogP contribution in [0.15, 0.2) is 23.1 Å². The fourth-order valence-electron chi connectivity index (χ4n) is 1.87. The number of benzene rings is 1. The van der Waals surface area contributed by atoms with Gasteiger partial charge in [-0.3, -0.25) is 14.9 Å². The van der Waals surface area contributed by atoms with Crippen LogP contribution in [-0.4, -0.2) is 30.5 Å². The minimum Gasteiger partial charge on any atom is -0.480 e. The van der Waals surface area contributed by atoms with E-state index < -0.39 is 32.9 Å². The second-order valence-electron chi connectivity index (χ2n) is 5.03. The molecule has 0 spiro atoms. The molecule has 0 unspecified atom stereocenters. The van der Waals surface area contributed by atoms with E-state index in [1.165, 1.54) is 19.1 Å². The minimum absolute atomic E-state index is 0.295. The van der Waals surface area contributed by atoms with Gasteiger partial charge in [-0.15, -0.1) is 0 Å². The maximum atomic E-state index is 12.4. The van der Waals surface area contributed by atoms with E-state index in [0.717, 1.165) is 6.07 Å². The van der Waals surface area contributed by atoms with E-state index in [1.54, 1.807) is 13.8 Å². The molecule has 0 fully saturated rings. The van der Waals surface area contributed by atoms with Crippen LogP contribution in [0.25, 0.3) is 0 Å². The number of rotatable bonds is 7. The lowest BCUT2D eigenvalue weighted by Crippen LogP contribution is -2.45. The highest BCUT2D eigenvalue weighted by molar-refractivity contribution is 7.89. The van der Waals surface area contributed by atoms with Crippen molar-refractivity contribution in [3.05, 3.63) is 33.9 Å². The number of nitrogens with one attached hydrogen (secondary N) is 1. The third-order valence-electron chi connectivity index (χ3n) is 3.43. The lowest BCUT2D eigenvalue weighted by Gasteiger charge is -2.20. The van der Waals surface area contributed by atoms with E-state index in [9.17, 15) is 23.3 Å². The molecule has 1 rings (SSSR count). The molecule has 0 aromatic heterocycles. The van der Waals surface area contributed by atoms with Gasteiger partial charge in [0.15, 0.2) is 0 Å². The zero-order valence-electron chi connectivity index (χ0n) is 12.4. The summed E-state index contributed by atoms with van der Waals surface area (Å²) >= 11 is 0. The quantitative estimate of drug-likeness (QED) is 0.578. The summed E-state index contributed by atoms with van der Waals surface area (Å²) in [6.45, 7) is 4.84. The second-order valence-corrected chi connectivity index (χ2v) is 6.71. The molecule has 0 aliphatic rings. The fraction of sp³-hybridized carbons (Fsp3) is 0.462. The maximum Gasteiger partial charge on any atom is 0.322 e. The normalized spacial score (nSPS) is 14.3. The Morgan fingerprint density at radius 2 is 2.05 bits per heavy atom. The molecule has 2 atom stereocenters. The molecule has 0 amide bonds. The Morgan fingerprint density at radius 3 is 2.50 bits per heavy atom. The second kappa shape index (κ2) is 6.84. The fourth-order valence-corrected chi connectivity index (χ4v) is 3.43. The number of carboxylic acid groups (broad SMARTS) is 1. The first-order valence-electron chi connectivity index (χ1n) is 6.60. The van der Waals surface area contributed by atoms with Gasteiger partial charge >= 0.3 is 5.97 Å². The first kappa shape index (κ1) is 18.1. The highest BCUT2D eigenvalue weighted by Crippen LogP contribution is 2.22. The molecule has 8 nitrogen and oxygen atoms in total. The zero-order valence-corrected chi connectivity index (χ0v) is 13.3. The summed E-state index contributed by atoms with van der Waals surface area (Å²) in [5.41, 5.74) is -0.0761. The Morgan fingerprint density at radius 1 is 1.45 bits per heavy atom. The van der Waals surface area contributed by atoms with E-state index in [-0.39, 0.29) is 10.6 Å². The first-order valence-corrected chi connectivity index (χ1v) is 8.08. The van der Waals surface area contributed by atoms with Crippen LogP contribution in [-0.2, 0) is 14.8 Å². The van der Waals surface area contributed by atoms with E-state index in [4.69, 9.17) is 5.11 Å². The van der Waals surface area contributed by atoms with E-state index in [2.05, 4.69) is 4.72 Å². The first-order chi connectivity index (χ1) is 10.1. The van der Waals surface area contributed by atoms with Crippen molar-refractivity contribution in [2.45, 2.75) is 38.1 Å². The number of hydrogen-bond acceptors (Lipinski definition) is 5. The van der Waals surface area contributed by atoms with Crippen LogP contribution in [0, 0.1) is 23.0 Å². The molecule has 0 bridgehead atoms. The van der Waals surface area contributed by atoms with Crippen molar-refractivity contribution in [3.8, 4) is 0 Å². The van der Waals surface area contributed by atoms with E-state index in [0.29, 0.717) is 12.0 Å². The molecule has 0 radical (unpaired) electrons. The number of sulfonamides is 1. The number of carboxylic acids is 1. The molecule has 0 saturated carbocycles. The van der Waals surface area contributed by atoms with Gasteiger partial charge in [-0.2, -0.15) is 4.72 Å². The van der Waals surface area contributed by atoms with Gasteiger partial charge in [0.25, 0.3) is 5.69 Å². The largest absolute Gasteiger partial charge is 0.480 e. The van der Waals surface area contributed by atoms with Crippen LogP contribution < -0.4 is 4.72 Å². The molecule has 9 heteroatoms. The summed E-state index contributed by atoms with van der Waals surface area (Å²) in [6.07, 6.45) is 0.466. The molecule has 22 heavy (non-hydrogen) atoms. The third-order valence-corrected chi connectivity index (χ3v) is 5.02. The van der Waals surface area contributed by atoms with Crippen LogP contribution in [0.4, 0.5) is 5.69 Å². The smallest absolute Gasteiger partial charge is 0.322 e. The molecule has 0 heterocycles. The van der Waals surface area contributed by atoms with Crippen molar-refractivity contribution in [1.29, 1.82) is 0 Å². The highest BCUT2D eigenvalue weighted by atomic mass is 32.2. The molecule has 0 aliphatic carbocycles.